The molecule has 240 valence electrons. The van der Waals surface area contributed by atoms with Gasteiger partial charge in [-0.15, -0.1) is 0 Å². The zero-order valence-electron chi connectivity index (χ0n) is 27.3. The topological polar surface area (TPSA) is 97.5 Å². The Hall–Kier alpha value is -3.68. The first kappa shape index (κ1) is 31.3. The molecule has 4 fully saturated rings. The van der Waals surface area contributed by atoms with Gasteiger partial charge in [-0.2, -0.15) is 5.10 Å². The molecule has 0 radical (unpaired) electrons. The molecule has 0 unspecified atom stereocenters. The lowest BCUT2D eigenvalue weighted by atomic mass is 9.51. The fourth-order valence-corrected chi connectivity index (χ4v) is 8.34. The molecular weight excluding hydrogens is 564 g/mol. The minimum absolute atomic E-state index is 0.0691. The van der Waals surface area contributed by atoms with E-state index in [-0.39, 0.29) is 41.0 Å². The van der Waals surface area contributed by atoms with Crippen molar-refractivity contribution in [3.63, 3.8) is 0 Å². The van der Waals surface area contributed by atoms with Gasteiger partial charge in [-0.05, 0) is 137 Å². The molecule has 45 heavy (non-hydrogen) atoms. The van der Waals surface area contributed by atoms with Crippen molar-refractivity contribution in [2.45, 2.75) is 103 Å². The standard InChI is InChI=1S/C37H48N4O4/c1-25(2)41-23-30(22-39-41)29-11-18-38-33(21-29)40(35(44)28-7-5-27(6-8-28)20-34(42)43)24-36-12-15-37(16-13-36,17-14-36)31-9-10-32(45-4)26(3)19-31/h9-11,18-19,21-23,25,27-28H,5-8,12-17,20,24H2,1-4H3,(H,42,43)/t27-,28+,36?,37?. The molecule has 1 amide bonds. The molecular formula is C37H48N4O4. The molecule has 7 rings (SSSR count). The molecule has 4 aliphatic carbocycles. The lowest BCUT2D eigenvalue weighted by Gasteiger charge is -2.55. The normalized spacial score (nSPS) is 26.2. The second-order valence-electron chi connectivity index (χ2n) is 14.4. The van der Waals surface area contributed by atoms with Crippen molar-refractivity contribution in [3.05, 3.63) is 60.0 Å². The number of carbonyl (C=O) groups excluding carboxylic acids is 1. The van der Waals surface area contributed by atoms with Crippen LogP contribution in [0.25, 0.3) is 11.1 Å². The van der Waals surface area contributed by atoms with Crippen LogP contribution in [0, 0.1) is 24.2 Å². The summed E-state index contributed by atoms with van der Waals surface area (Å²) in [6.07, 6.45) is 15.7. The minimum Gasteiger partial charge on any atom is -0.496 e. The highest BCUT2D eigenvalue weighted by Crippen LogP contribution is 2.58. The van der Waals surface area contributed by atoms with Crippen LogP contribution in [0.2, 0.25) is 0 Å². The number of aryl methyl sites for hydroxylation is 1. The number of fused-ring (bicyclic) bond motifs is 3. The predicted octanol–water partition coefficient (Wildman–Crippen LogP) is 7.75. The number of carboxylic acids is 1. The van der Waals surface area contributed by atoms with E-state index in [0.717, 1.165) is 81.1 Å². The van der Waals surface area contributed by atoms with Crippen LogP contribution in [-0.2, 0) is 15.0 Å². The lowest BCUT2D eigenvalue weighted by molar-refractivity contribution is -0.138. The fraction of sp³-hybridized carbons (Fsp3) is 0.568. The SMILES string of the molecule is COc1ccc(C23CCC(CN(c4cc(-c5cnn(C(C)C)c5)ccn4)C(=O)[C@H]4CC[C@@H](CC(=O)O)CC4)(CC2)CC3)cc1C. The number of hydrogen-bond acceptors (Lipinski definition) is 5. The number of aromatic nitrogens is 3. The molecule has 3 aromatic rings. The lowest BCUT2D eigenvalue weighted by Crippen LogP contribution is -2.52. The summed E-state index contributed by atoms with van der Waals surface area (Å²) in [5, 5.41) is 13.8. The Morgan fingerprint density at radius 1 is 1.02 bits per heavy atom. The maximum Gasteiger partial charge on any atom is 0.303 e. The molecule has 0 atom stereocenters. The summed E-state index contributed by atoms with van der Waals surface area (Å²) in [7, 11) is 1.73. The van der Waals surface area contributed by atoms with Gasteiger partial charge in [0.15, 0.2) is 0 Å². The number of ether oxygens (including phenoxy) is 1. The van der Waals surface area contributed by atoms with Crippen LogP contribution in [0.3, 0.4) is 0 Å². The number of amides is 1. The van der Waals surface area contributed by atoms with Crippen LogP contribution >= 0.6 is 0 Å². The second-order valence-corrected chi connectivity index (χ2v) is 14.4. The smallest absolute Gasteiger partial charge is 0.303 e. The summed E-state index contributed by atoms with van der Waals surface area (Å²) in [5.41, 5.74) is 4.91. The van der Waals surface area contributed by atoms with Crippen LogP contribution in [-0.4, -0.2) is 45.4 Å². The third kappa shape index (κ3) is 6.38. The van der Waals surface area contributed by atoms with Crippen molar-refractivity contribution in [2.75, 3.05) is 18.6 Å². The number of hydrogen-bond donors (Lipinski definition) is 1. The highest BCUT2D eigenvalue weighted by atomic mass is 16.5. The quantitative estimate of drug-likeness (QED) is 0.251. The molecule has 2 heterocycles. The van der Waals surface area contributed by atoms with Gasteiger partial charge >= 0.3 is 5.97 Å². The number of aliphatic carboxylic acids is 1. The van der Waals surface area contributed by atoms with Crippen LogP contribution in [0.1, 0.15) is 102 Å². The van der Waals surface area contributed by atoms with Crippen molar-refractivity contribution in [3.8, 4) is 16.9 Å². The summed E-state index contributed by atoms with van der Waals surface area (Å²) in [6, 6.07) is 11.0. The summed E-state index contributed by atoms with van der Waals surface area (Å²) < 4.78 is 7.49. The maximum absolute atomic E-state index is 14.4. The van der Waals surface area contributed by atoms with Gasteiger partial charge in [-0.25, -0.2) is 4.98 Å². The molecule has 8 nitrogen and oxygen atoms in total. The molecule has 4 aliphatic rings. The average molecular weight is 613 g/mol. The third-order valence-electron chi connectivity index (χ3n) is 11.3. The number of carboxylic acid groups (broad SMARTS) is 1. The van der Waals surface area contributed by atoms with Crippen LogP contribution in [0.15, 0.2) is 48.9 Å². The van der Waals surface area contributed by atoms with Gasteiger partial charge in [-0.1, -0.05) is 12.1 Å². The molecule has 0 saturated heterocycles. The van der Waals surface area contributed by atoms with E-state index < -0.39 is 5.97 Å². The van der Waals surface area contributed by atoms with E-state index in [4.69, 9.17) is 9.72 Å². The van der Waals surface area contributed by atoms with Crippen LogP contribution in [0.5, 0.6) is 5.75 Å². The summed E-state index contributed by atoms with van der Waals surface area (Å²) >= 11 is 0. The Labute approximate surface area is 267 Å². The van der Waals surface area contributed by atoms with E-state index in [9.17, 15) is 14.7 Å². The van der Waals surface area contributed by atoms with Gasteiger partial charge in [0.2, 0.25) is 5.91 Å². The Balaban J connectivity index is 1.25. The van der Waals surface area contributed by atoms with Gasteiger partial charge in [-0.3, -0.25) is 19.2 Å². The van der Waals surface area contributed by atoms with Gasteiger partial charge in [0.25, 0.3) is 0 Å². The van der Waals surface area contributed by atoms with Crippen LogP contribution < -0.4 is 9.64 Å². The van der Waals surface area contributed by atoms with E-state index >= 15 is 0 Å². The maximum atomic E-state index is 14.4. The molecule has 0 aliphatic heterocycles. The number of pyridine rings is 1. The number of carbonyl (C=O) groups is 2. The average Bonchev–Trinajstić information content (AvgIpc) is 3.56. The largest absolute Gasteiger partial charge is 0.496 e. The van der Waals surface area contributed by atoms with Crippen molar-refractivity contribution in [2.24, 2.45) is 17.3 Å². The van der Waals surface area contributed by atoms with Crippen molar-refractivity contribution in [1.82, 2.24) is 14.8 Å². The Bertz CT molecular complexity index is 1510. The van der Waals surface area contributed by atoms with E-state index in [1.54, 1.807) is 7.11 Å². The van der Waals surface area contributed by atoms with E-state index in [1.807, 2.05) is 28.0 Å². The Morgan fingerprint density at radius 3 is 2.33 bits per heavy atom. The monoisotopic (exact) mass is 612 g/mol. The van der Waals surface area contributed by atoms with E-state index in [1.165, 1.54) is 11.1 Å². The van der Waals surface area contributed by atoms with Gasteiger partial charge in [0.05, 0.1) is 13.3 Å². The molecule has 1 aromatic carbocycles. The molecule has 4 saturated carbocycles. The van der Waals surface area contributed by atoms with Crippen LogP contribution in [0.4, 0.5) is 5.82 Å². The fourth-order valence-electron chi connectivity index (χ4n) is 8.34. The zero-order chi connectivity index (χ0) is 31.8. The number of benzene rings is 1. The Kier molecular flexibility index (Phi) is 8.77. The first-order chi connectivity index (χ1) is 21.6. The molecule has 2 bridgehead atoms. The van der Waals surface area contributed by atoms with Crippen molar-refractivity contribution < 1.29 is 19.4 Å². The highest BCUT2D eigenvalue weighted by Gasteiger charge is 2.51. The number of rotatable bonds is 10. The number of methoxy groups -OCH3 is 1. The van der Waals surface area contributed by atoms with Gasteiger partial charge < -0.3 is 9.84 Å². The number of nitrogens with zero attached hydrogens (tertiary/aromatic N) is 4. The van der Waals surface area contributed by atoms with E-state index in [2.05, 4.69) is 56.3 Å². The summed E-state index contributed by atoms with van der Waals surface area (Å²) in [6.45, 7) is 7.03. The molecule has 0 spiro atoms. The molecule has 8 heteroatoms. The first-order valence-corrected chi connectivity index (χ1v) is 16.8. The summed E-state index contributed by atoms with van der Waals surface area (Å²) in [4.78, 5) is 32.6. The van der Waals surface area contributed by atoms with Gasteiger partial charge in [0.1, 0.15) is 11.6 Å². The predicted molar refractivity (Wildman–Crippen MR) is 175 cm³/mol. The second kappa shape index (κ2) is 12.6. The van der Waals surface area contributed by atoms with Gasteiger partial charge in [0, 0.05) is 42.9 Å². The Morgan fingerprint density at radius 2 is 1.73 bits per heavy atom. The highest BCUT2D eigenvalue weighted by molar-refractivity contribution is 5.95. The molecule has 1 N–H and O–H groups in total. The van der Waals surface area contributed by atoms with Crippen molar-refractivity contribution in [1.29, 1.82) is 0 Å². The van der Waals surface area contributed by atoms with Crippen molar-refractivity contribution >= 4 is 17.7 Å². The third-order valence-corrected chi connectivity index (χ3v) is 11.3. The minimum atomic E-state index is -0.747. The zero-order valence-corrected chi connectivity index (χ0v) is 27.3. The summed E-state index contributed by atoms with van der Waals surface area (Å²) in [5.74, 6) is 1.10. The van der Waals surface area contributed by atoms with E-state index in [0.29, 0.717) is 12.4 Å². The number of anilines is 1. The molecule has 2 aromatic heterocycles. The first-order valence-electron chi connectivity index (χ1n) is 16.8.